The average molecular weight is 365 g/mol. The Balaban J connectivity index is 1.62. The van der Waals surface area contributed by atoms with Crippen LogP contribution in [0.3, 0.4) is 0 Å². The summed E-state index contributed by atoms with van der Waals surface area (Å²) >= 11 is 0. The summed E-state index contributed by atoms with van der Waals surface area (Å²) in [5.74, 6) is 0.178. The Kier molecular flexibility index (Phi) is 4.61. The topological polar surface area (TPSA) is 84.1 Å². The molecule has 1 aliphatic rings. The molecule has 2 aromatic heterocycles. The number of aliphatic hydroxyl groups is 1. The molecule has 1 N–H and O–H groups in total. The van der Waals surface area contributed by atoms with E-state index in [1.165, 1.54) is 0 Å². The standard InChI is InChI=1S/C20H23N5O2/c1-13-10-15(12-26)7-9-24(13)20(27)19-14(2)25(23-22-19)17-5-6-18-16(11-17)4-3-8-21-18/h3-6,8,11,13,15,26H,7,9-10,12H2,1-2H3/t13-,15-/m0/s1. The minimum absolute atomic E-state index is 0.0830. The molecular weight excluding hydrogens is 342 g/mol. The third-order valence-electron chi connectivity index (χ3n) is 5.43. The van der Waals surface area contributed by atoms with E-state index in [0.717, 1.165) is 35.1 Å². The minimum atomic E-state index is -0.0925. The summed E-state index contributed by atoms with van der Waals surface area (Å²) in [6.07, 6.45) is 3.39. The van der Waals surface area contributed by atoms with Gasteiger partial charge in [0.2, 0.25) is 0 Å². The molecule has 2 atom stereocenters. The number of pyridine rings is 1. The molecule has 1 aromatic carbocycles. The highest BCUT2D eigenvalue weighted by Gasteiger charge is 2.31. The van der Waals surface area contributed by atoms with Crippen molar-refractivity contribution in [2.75, 3.05) is 13.2 Å². The first-order valence-corrected chi connectivity index (χ1v) is 9.27. The molecule has 1 aliphatic heterocycles. The summed E-state index contributed by atoms with van der Waals surface area (Å²) < 4.78 is 1.70. The van der Waals surface area contributed by atoms with Crippen LogP contribution in [-0.2, 0) is 0 Å². The van der Waals surface area contributed by atoms with E-state index in [2.05, 4.69) is 15.3 Å². The Morgan fingerprint density at radius 3 is 2.96 bits per heavy atom. The number of carbonyl (C=O) groups is 1. The number of likely N-dealkylation sites (tertiary alicyclic amines) is 1. The molecule has 0 radical (unpaired) electrons. The zero-order valence-corrected chi connectivity index (χ0v) is 15.5. The highest BCUT2D eigenvalue weighted by Crippen LogP contribution is 2.25. The molecule has 7 heteroatoms. The van der Waals surface area contributed by atoms with Gasteiger partial charge in [0.05, 0.1) is 16.9 Å². The van der Waals surface area contributed by atoms with Gasteiger partial charge in [0, 0.05) is 30.8 Å². The number of amides is 1. The van der Waals surface area contributed by atoms with Gasteiger partial charge in [-0.3, -0.25) is 9.78 Å². The highest BCUT2D eigenvalue weighted by molar-refractivity contribution is 5.93. The average Bonchev–Trinajstić information content (AvgIpc) is 3.08. The molecule has 3 aromatic rings. The zero-order chi connectivity index (χ0) is 19.0. The fourth-order valence-corrected chi connectivity index (χ4v) is 3.84. The maximum absolute atomic E-state index is 13.0. The smallest absolute Gasteiger partial charge is 0.276 e. The summed E-state index contributed by atoms with van der Waals surface area (Å²) in [6, 6.07) is 9.84. The predicted octanol–water partition coefficient (Wildman–Crippen LogP) is 2.36. The maximum atomic E-state index is 13.0. The third kappa shape index (κ3) is 3.19. The van der Waals surface area contributed by atoms with E-state index in [1.807, 2.05) is 49.1 Å². The molecule has 0 aliphatic carbocycles. The van der Waals surface area contributed by atoms with Crippen LogP contribution in [0.2, 0.25) is 0 Å². The fourth-order valence-electron chi connectivity index (χ4n) is 3.84. The SMILES string of the molecule is Cc1c(C(=O)N2CC[C@H](CO)C[C@@H]2C)nnn1-c1ccc2ncccc2c1. The molecule has 1 fully saturated rings. The van der Waals surface area contributed by atoms with E-state index >= 15 is 0 Å². The van der Waals surface area contributed by atoms with Gasteiger partial charge >= 0.3 is 0 Å². The monoisotopic (exact) mass is 365 g/mol. The number of carbonyl (C=O) groups excluding carboxylic acids is 1. The lowest BCUT2D eigenvalue weighted by atomic mass is 9.92. The van der Waals surface area contributed by atoms with E-state index in [4.69, 9.17) is 0 Å². The van der Waals surface area contributed by atoms with E-state index in [9.17, 15) is 9.90 Å². The van der Waals surface area contributed by atoms with Gasteiger partial charge in [0.1, 0.15) is 0 Å². The molecule has 0 unspecified atom stereocenters. The van der Waals surface area contributed by atoms with E-state index in [-0.39, 0.29) is 24.5 Å². The van der Waals surface area contributed by atoms with Gasteiger partial charge in [0.15, 0.2) is 5.69 Å². The molecule has 7 nitrogen and oxygen atoms in total. The molecule has 1 saturated heterocycles. The first-order chi connectivity index (χ1) is 13.1. The van der Waals surface area contributed by atoms with Crippen LogP contribution in [0.1, 0.15) is 35.9 Å². The quantitative estimate of drug-likeness (QED) is 0.770. The summed E-state index contributed by atoms with van der Waals surface area (Å²) in [6.45, 7) is 4.71. The summed E-state index contributed by atoms with van der Waals surface area (Å²) in [5.41, 5.74) is 2.87. The number of nitrogens with zero attached hydrogens (tertiary/aromatic N) is 5. The maximum Gasteiger partial charge on any atom is 0.276 e. The van der Waals surface area contributed by atoms with Crippen LogP contribution in [0.5, 0.6) is 0 Å². The van der Waals surface area contributed by atoms with Gasteiger partial charge in [-0.15, -0.1) is 5.10 Å². The van der Waals surface area contributed by atoms with Crippen LogP contribution in [-0.4, -0.2) is 55.1 Å². The van der Waals surface area contributed by atoms with Crippen molar-refractivity contribution in [2.45, 2.75) is 32.7 Å². The van der Waals surface area contributed by atoms with Gasteiger partial charge in [-0.25, -0.2) is 4.68 Å². The molecule has 0 saturated carbocycles. The first kappa shape index (κ1) is 17.6. The van der Waals surface area contributed by atoms with Crippen LogP contribution < -0.4 is 0 Å². The number of hydrogen-bond acceptors (Lipinski definition) is 5. The Bertz CT molecular complexity index is 983. The number of fused-ring (bicyclic) bond motifs is 1. The number of aliphatic hydroxyl groups excluding tert-OH is 1. The van der Waals surface area contributed by atoms with Crippen LogP contribution >= 0.6 is 0 Å². The number of aromatic nitrogens is 4. The third-order valence-corrected chi connectivity index (χ3v) is 5.43. The molecule has 1 amide bonds. The fraction of sp³-hybridized carbons (Fsp3) is 0.400. The minimum Gasteiger partial charge on any atom is -0.396 e. The molecule has 0 spiro atoms. The van der Waals surface area contributed by atoms with Crippen molar-refractivity contribution in [1.82, 2.24) is 24.9 Å². The van der Waals surface area contributed by atoms with Crippen LogP contribution in [0, 0.1) is 12.8 Å². The molecule has 3 heterocycles. The predicted molar refractivity (Wildman–Crippen MR) is 102 cm³/mol. The Hall–Kier alpha value is -2.80. The van der Waals surface area contributed by atoms with Crippen molar-refractivity contribution in [2.24, 2.45) is 5.92 Å². The van der Waals surface area contributed by atoms with Crippen molar-refractivity contribution in [3.63, 3.8) is 0 Å². The largest absolute Gasteiger partial charge is 0.396 e. The Morgan fingerprint density at radius 2 is 2.19 bits per heavy atom. The zero-order valence-electron chi connectivity index (χ0n) is 15.5. The second-order valence-electron chi connectivity index (χ2n) is 7.24. The van der Waals surface area contributed by atoms with Crippen LogP contribution in [0.25, 0.3) is 16.6 Å². The molecule has 140 valence electrons. The van der Waals surface area contributed by atoms with Crippen molar-refractivity contribution >= 4 is 16.8 Å². The first-order valence-electron chi connectivity index (χ1n) is 9.27. The number of benzene rings is 1. The van der Waals surface area contributed by atoms with Crippen LogP contribution in [0.15, 0.2) is 36.5 Å². The van der Waals surface area contributed by atoms with E-state index in [1.54, 1.807) is 10.9 Å². The van der Waals surface area contributed by atoms with Crippen LogP contribution in [0.4, 0.5) is 0 Å². The summed E-state index contributed by atoms with van der Waals surface area (Å²) in [7, 11) is 0. The van der Waals surface area contributed by atoms with Crippen molar-refractivity contribution < 1.29 is 9.90 Å². The normalized spacial score (nSPS) is 20.2. The second-order valence-corrected chi connectivity index (χ2v) is 7.24. The lowest BCUT2D eigenvalue weighted by Crippen LogP contribution is -2.45. The van der Waals surface area contributed by atoms with Gasteiger partial charge in [-0.05, 0) is 56.9 Å². The van der Waals surface area contributed by atoms with Gasteiger partial charge in [0.25, 0.3) is 5.91 Å². The number of hydrogen-bond donors (Lipinski definition) is 1. The van der Waals surface area contributed by atoms with E-state index in [0.29, 0.717) is 12.2 Å². The number of rotatable bonds is 3. The highest BCUT2D eigenvalue weighted by atomic mass is 16.3. The second kappa shape index (κ2) is 7.08. The summed E-state index contributed by atoms with van der Waals surface area (Å²) in [4.78, 5) is 19.2. The summed E-state index contributed by atoms with van der Waals surface area (Å²) in [5, 5.41) is 18.8. The van der Waals surface area contributed by atoms with Crippen molar-refractivity contribution in [3.8, 4) is 5.69 Å². The van der Waals surface area contributed by atoms with Gasteiger partial charge in [-0.1, -0.05) is 11.3 Å². The molecular formula is C20H23N5O2. The lowest BCUT2D eigenvalue weighted by Gasteiger charge is -2.36. The van der Waals surface area contributed by atoms with E-state index < -0.39 is 0 Å². The lowest BCUT2D eigenvalue weighted by molar-refractivity contribution is 0.0508. The van der Waals surface area contributed by atoms with Crippen molar-refractivity contribution in [1.29, 1.82) is 0 Å². The van der Waals surface area contributed by atoms with Gasteiger partial charge in [-0.2, -0.15) is 0 Å². The molecule has 0 bridgehead atoms. The molecule has 27 heavy (non-hydrogen) atoms. The molecule has 4 rings (SSSR count). The van der Waals surface area contributed by atoms with Crippen molar-refractivity contribution in [3.05, 3.63) is 47.9 Å². The van der Waals surface area contributed by atoms with Gasteiger partial charge < -0.3 is 10.0 Å². The Morgan fingerprint density at radius 1 is 1.33 bits per heavy atom. The number of piperidine rings is 1. The Labute approximate surface area is 157 Å².